The van der Waals surface area contributed by atoms with Crippen molar-refractivity contribution in [1.82, 2.24) is 14.9 Å². The number of thiocarbonyl (C=S) groups is 1. The number of benzene rings is 2. The molecule has 0 saturated carbocycles. The lowest BCUT2D eigenvalue weighted by atomic mass is 10.0. The minimum absolute atomic E-state index is 0.313. The van der Waals surface area contributed by atoms with Gasteiger partial charge in [0, 0.05) is 49.2 Å². The van der Waals surface area contributed by atoms with Crippen LogP contribution in [0.4, 0.5) is 24.5 Å². The van der Waals surface area contributed by atoms with Gasteiger partial charge in [0.1, 0.15) is 6.04 Å². The lowest BCUT2D eigenvalue weighted by molar-refractivity contribution is -0.137. The van der Waals surface area contributed by atoms with Gasteiger partial charge in [-0.2, -0.15) is 13.2 Å². The van der Waals surface area contributed by atoms with Gasteiger partial charge >= 0.3 is 6.18 Å². The number of rotatable bonds is 5. The monoisotopic (exact) mass is 507 g/mol. The van der Waals surface area contributed by atoms with Crippen molar-refractivity contribution in [3.05, 3.63) is 108 Å². The third-order valence-electron chi connectivity index (χ3n) is 6.28. The molecular weight excluding hydrogens is 483 g/mol. The minimum Gasteiger partial charge on any atom is -0.378 e. The quantitative estimate of drug-likeness (QED) is 0.329. The van der Waals surface area contributed by atoms with Gasteiger partial charge < -0.3 is 19.7 Å². The molecule has 36 heavy (non-hydrogen) atoms. The molecule has 0 spiro atoms. The van der Waals surface area contributed by atoms with Crippen molar-refractivity contribution in [2.24, 2.45) is 0 Å². The molecular formula is C27H24F3N5S. The Bertz CT molecular complexity index is 1370. The van der Waals surface area contributed by atoms with Crippen LogP contribution in [0.25, 0.3) is 5.69 Å². The fourth-order valence-electron chi connectivity index (χ4n) is 4.55. The number of nitrogens with zero attached hydrogens (tertiary/aromatic N) is 4. The molecule has 2 unspecified atom stereocenters. The second kappa shape index (κ2) is 9.31. The molecule has 1 saturated heterocycles. The van der Waals surface area contributed by atoms with Crippen molar-refractivity contribution in [3.63, 3.8) is 0 Å². The highest BCUT2D eigenvalue weighted by Gasteiger charge is 2.42. The van der Waals surface area contributed by atoms with Gasteiger partial charge in [0.25, 0.3) is 0 Å². The molecule has 5 nitrogen and oxygen atoms in total. The highest BCUT2D eigenvalue weighted by molar-refractivity contribution is 7.80. The van der Waals surface area contributed by atoms with Crippen LogP contribution < -0.4 is 15.1 Å². The second-order valence-electron chi connectivity index (χ2n) is 8.76. The summed E-state index contributed by atoms with van der Waals surface area (Å²) in [6.07, 6.45) is -0.941. The Balaban J connectivity index is 1.64. The summed E-state index contributed by atoms with van der Waals surface area (Å²) in [6.45, 7) is 0. The minimum atomic E-state index is -4.43. The molecule has 1 aliphatic heterocycles. The molecule has 3 heterocycles. The molecule has 0 bridgehead atoms. The standard InChI is InChI=1S/C27H24F3N5S/c1-33(2)19-11-13-20(14-12-19)35-25(24(32-26(35)36)22-9-3-4-15-31-22)23-10-6-16-34(23)21-8-5-7-18(17-21)27(28,29)30/h3-17,24-25H,1-2H3,(H,32,36). The number of halogens is 3. The Kier molecular flexibility index (Phi) is 6.17. The van der Waals surface area contributed by atoms with Crippen LogP contribution in [0.5, 0.6) is 0 Å². The van der Waals surface area contributed by atoms with Gasteiger partial charge in [0.15, 0.2) is 5.11 Å². The summed E-state index contributed by atoms with van der Waals surface area (Å²) in [5, 5.41) is 3.92. The number of hydrogen-bond donors (Lipinski definition) is 1. The third-order valence-corrected chi connectivity index (χ3v) is 6.59. The molecule has 4 aromatic rings. The Hall–Kier alpha value is -3.85. The molecule has 1 aliphatic rings. The van der Waals surface area contributed by atoms with E-state index in [1.54, 1.807) is 23.0 Å². The highest BCUT2D eigenvalue weighted by Crippen LogP contribution is 2.42. The zero-order valence-corrected chi connectivity index (χ0v) is 20.5. The highest BCUT2D eigenvalue weighted by atomic mass is 32.1. The molecule has 1 fully saturated rings. The summed E-state index contributed by atoms with van der Waals surface area (Å²) in [5.74, 6) is 0. The van der Waals surface area contributed by atoms with Gasteiger partial charge in [-0.25, -0.2) is 0 Å². The van der Waals surface area contributed by atoms with Crippen molar-refractivity contribution in [3.8, 4) is 5.69 Å². The topological polar surface area (TPSA) is 36.3 Å². The second-order valence-corrected chi connectivity index (χ2v) is 9.15. The van der Waals surface area contributed by atoms with E-state index in [9.17, 15) is 13.2 Å². The van der Waals surface area contributed by atoms with Crippen LogP contribution in [0.1, 0.15) is 29.0 Å². The molecule has 0 aliphatic carbocycles. The number of nitrogens with one attached hydrogen (secondary N) is 1. The molecule has 1 N–H and O–H groups in total. The van der Waals surface area contributed by atoms with E-state index in [0.717, 1.165) is 34.9 Å². The lowest BCUT2D eigenvalue weighted by Crippen LogP contribution is -2.30. The van der Waals surface area contributed by atoms with Gasteiger partial charge in [-0.1, -0.05) is 12.1 Å². The van der Waals surface area contributed by atoms with E-state index in [4.69, 9.17) is 12.2 Å². The van der Waals surface area contributed by atoms with Crippen molar-refractivity contribution in [2.45, 2.75) is 18.3 Å². The third kappa shape index (κ3) is 4.42. The first-order valence-electron chi connectivity index (χ1n) is 11.4. The Morgan fingerprint density at radius 2 is 1.69 bits per heavy atom. The summed E-state index contributed by atoms with van der Waals surface area (Å²) in [6, 6.07) is 22.1. The van der Waals surface area contributed by atoms with Crippen molar-refractivity contribution >= 4 is 28.7 Å². The smallest absolute Gasteiger partial charge is 0.378 e. The Morgan fingerprint density at radius 1 is 0.917 bits per heavy atom. The Morgan fingerprint density at radius 3 is 2.36 bits per heavy atom. The lowest BCUT2D eigenvalue weighted by Gasteiger charge is -2.29. The van der Waals surface area contributed by atoms with E-state index >= 15 is 0 Å². The van der Waals surface area contributed by atoms with Crippen LogP contribution in [0.15, 0.2) is 91.3 Å². The average molecular weight is 508 g/mol. The fourth-order valence-corrected chi connectivity index (χ4v) is 4.89. The van der Waals surface area contributed by atoms with Gasteiger partial charge in [-0.05, 0) is 78.9 Å². The maximum Gasteiger partial charge on any atom is 0.416 e. The van der Waals surface area contributed by atoms with E-state index in [1.165, 1.54) is 6.07 Å². The normalized spacial score (nSPS) is 17.8. The predicted molar refractivity (Wildman–Crippen MR) is 139 cm³/mol. The van der Waals surface area contributed by atoms with E-state index in [0.29, 0.717) is 10.8 Å². The van der Waals surface area contributed by atoms with Crippen molar-refractivity contribution in [2.75, 3.05) is 23.9 Å². The van der Waals surface area contributed by atoms with Gasteiger partial charge in [0.05, 0.1) is 17.3 Å². The molecule has 184 valence electrons. The molecule has 0 amide bonds. The van der Waals surface area contributed by atoms with Gasteiger partial charge in [0.2, 0.25) is 0 Å². The van der Waals surface area contributed by atoms with Gasteiger partial charge in [-0.15, -0.1) is 0 Å². The van der Waals surface area contributed by atoms with Crippen LogP contribution in [-0.2, 0) is 6.18 Å². The number of pyridine rings is 1. The first-order valence-corrected chi connectivity index (χ1v) is 11.8. The van der Waals surface area contributed by atoms with E-state index in [2.05, 4.69) is 10.3 Å². The zero-order valence-electron chi connectivity index (χ0n) is 19.6. The fraction of sp³-hybridized carbons (Fsp3) is 0.185. The van der Waals surface area contributed by atoms with Crippen LogP contribution in [-0.4, -0.2) is 28.8 Å². The zero-order chi connectivity index (χ0) is 25.4. The van der Waals surface area contributed by atoms with Crippen LogP contribution >= 0.6 is 12.2 Å². The largest absolute Gasteiger partial charge is 0.416 e. The predicted octanol–water partition coefficient (Wildman–Crippen LogP) is 6.13. The Labute approximate surface area is 212 Å². The summed E-state index contributed by atoms with van der Waals surface area (Å²) in [4.78, 5) is 8.57. The molecule has 0 radical (unpaired) electrons. The van der Waals surface area contributed by atoms with Crippen LogP contribution in [0.2, 0.25) is 0 Å². The average Bonchev–Trinajstić information content (AvgIpc) is 3.48. The summed E-state index contributed by atoms with van der Waals surface area (Å²) < 4.78 is 42.2. The van der Waals surface area contributed by atoms with Crippen LogP contribution in [0.3, 0.4) is 0 Å². The van der Waals surface area contributed by atoms with Crippen molar-refractivity contribution < 1.29 is 13.2 Å². The summed E-state index contributed by atoms with van der Waals surface area (Å²) in [7, 11) is 3.94. The first kappa shape index (κ1) is 23.9. The number of alkyl halides is 3. The molecule has 9 heteroatoms. The number of hydrogen-bond acceptors (Lipinski definition) is 3. The van der Waals surface area contributed by atoms with Crippen molar-refractivity contribution in [1.29, 1.82) is 0 Å². The molecule has 2 aromatic heterocycles. The SMILES string of the molecule is CN(C)c1ccc(N2C(=S)NC(c3ccccn3)C2c2cccn2-c2cccc(C(F)(F)F)c2)cc1. The molecule has 2 atom stereocenters. The summed E-state index contributed by atoms with van der Waals surface area (Å²) >= 11 is 5.78. The van der Waals surface area contributed by atoms with E-state index in [-0.39, 0.29) is 12.1 Å². The first-order chi connectivity index (χ1) is 17.2. The van der Waals surface area contributed by atoms with Crippen LogP contribution in [0, 0.1) is 0 Å². The maximum atomic E-state index is 13.5. The molecule has 2 aromatic carbocycles. The number of aromatic nitrogens is 2. The van der Waals surface area contributed by atoms with E-state index in [1.807, 2.05) is 78.5 Å². The number of anilines is 2. The van der Waals surface area contributed by atoms with E-state index < -0.39 is 11.7 Å². The maximum absolute atomic E-state index is 13.5. The van der Waals surface area contributed by atoms with Gasteiger partial charge in [-0.3, -0.25) is 4.98 Å². The molecule has 5 rings (SSSR count). The summed E-state index contributed by atoms with van der Waals surface area (Å²) in [5.41, 5.74) is 3.21.